The van der Waals surface area contributed by atoms with Gasteiger partial charge in [0.15, 0.2) is 11.5 Å². The van der Waals surface area contributed by atoms with E-state index in [4.69, 9.17) is 14.2 Å². The van der Waals surface area contributed by atoms with Crippen LogP contribution < -0.4 is 23.8 Å². The highest BCUT2D eigenvalue weighted by molar-refractivity contribution is 7.92. The number of amides is 1. The van der Waals surface area contributed by atoms with Gasteiger partial charge in [-0.15, -0.1) is 0 Å². The number of hydrogen-bond acceptors (Lipinski definition) is 6. The predicted molar refractivity (Wildman–Crippen MR) is 111 cm³/mol. The summed E-state index contributed by atoms with van der Waals surface area (Å²) in [6.07, 6.45) is 1.04. The zero-order valence-corrected chi connectivity index (χ0v) is 17.9. The minimum atomic E-state index is -3.72. The van der Waals surface area contributed by atoms with Crippen molar-refractivity contribution in [1.82, 2.24) is 5.32 Å². The van der Waals surface area contributed by atoms with Crippen LogP contribution in [0, 0.1) is 0 Å². The van der Waals surface area contributed by atoms with Gasteiger partial charge < -0.3 is 19.5 Å². The quantitative estimate of drug-likeness (QED) is 0.667. The second-order valence-corrected chi connectivity index (χ2v) is 8.25. The van der Waals surface area contributed by atoms with Gasteiger partial charge in [0.25, 0.3) is 0 Å². The summed E-state index contributed by atoms with van der Waals surface area (Å²) in [6.45, 7) is 1.42. The highest BCUT2D eigenvalue weighted by atomic mass is 32.2. The van der Waals surface area contributed by atoms with Gasteiger partial charge in [-0.1, -0.05) is 18.2 Å². The molecule has 158 valence electrons. The molecular formula is C20H26N2O6S. The summed E-state index contributed by atoms with van der Waals surface area (Å²) in [4.78, 5) is 12.6. The summed E-state index contributed by atoms with van der Waals surface area (Å²) in [5.41, 5.74) is 1.09. The first-order chi connectivity index (χ1) is 13.7. The summed E-state index contributed by atoms with van der Waals surface area (Å²) in [6, 6.07) is 11.6. The number of benzene rings is 2. The van der Waals surface area contributed by atoms with E-state index in [0.29, 0.717) is 22.9 Å². The second-order valence-electron chi connectivity index (χ2n) is 6.34. The van der Waals surface area contributed by atoms with Gasteiger partial charge in [0, 0.05) is 11.6 Å². The number of sulfonamides is 1. The smallest absolute Gasteiger partial charge is 0.241 e. The summed E-state index contributed by atoms with van der Waals surface area (Å²) in [5.74, 6) is 1.00. The number of anilines is 1. The van der Waals surface area contributed by atoms with E-state index in [1.807, 2.05) is 18.2 Å². The van der Waals surface area contributed by atoms with Crippen molar-refractivity contribution in [3.63, 3.8) is 0 Å². The third kappa shape index (κ3) is 5.54. The number of para-hydroxylation sites is 1. The predicted octanol–water partition coefficient (Wildman–Crippen LogP) is 2.36. The average Bonchev–Trinajstić information content (AvgIpc) is 2.70. The molecule has 29 heavy (non-hydrogen) atoms. The fourth-order valence-electron chi connectivity index (χ4n) is 2.90. The van der Waals surface area contributed by atoms with Gasteiger partial charge in [-0.25, -0.2) is 8.42 Å². The number of nitrogens with one attached hydrogen (secondary N) is 1. The first kappa shape index (κ1) is 22.4. The molecule has 0 heterocycles. The number of nitrogens with zero attached hydrogens (tertiary/aromatic N) is 1. The Kier molecular flexibility index (Phi) is 7.33. The van der Waals surface area contributed by atoms with E-state index in [0.717, 1.165) is 16.1 Å². The van der Waals surface area contributed by atoms with Gasteiger partial charge in [-0.05, 0) is 25.1 Å². The van der Waals surface area contributed by atoms with Crippen LogP contribution in [0.25, 0.3) is 0 Å². The Hall–Kier alpha value is -2.94. The maximum atomic E-state index is 12.6. The van der Waals surface area contributed by atoms with Crippen molar-refractivity contribution in [3.05, 3.63) is 48.0 Å². The first-order valence-electron chi connectivity index (χ1n) is 8.83. The maximum absolute atomic E-state index is 12.6. The van der Waals surface area contributed by atoms with Crippen LogP contribution in [0.3, 0.4) is 0 Å². The Morgan fingerprint density at radius 1 is 1.00 bits per heavy atom. The lowest BCUT2D eigenvalue weighted by atomic mass is 10.1. The van der Waals surface area contributed by atoms with E-state index < -0.39 is 15.9 Å². The summed E-state index contributed by atoms with van der Waals surface area (Å²) >= 11 is 0. The summed E-state index contributed by atoms with van der Waals surface area (Å²) in [7, 11) is 0.769. The lowest BCUT2D eigenvalue weighted by Crippen LogP contribution is -2.41. The van der Waals surface area contributed by atoms with Crippen molar-refractivity contribution >= 4 is 21.6 Å². The number of methoxy groups -OCH3 is 3. The molecule has 0 bridgehead atoms. The molecule has 0 aromatic heterocycles. The lowest BCUT2D eigenvalue weighted by Gasteiger charge is -2.24. The molecule has 0 saturated heterocycles. The van der Waals surface area contributed by atoms with Gasteiger partial charge in [0.05, 0.1) is 39.3 Å². The van der Waals surface area contributed by atoms with Gasteiger partial charge in [0.2, 0.25) is 15.9 Å². The van der Waals surface area contributed by atoms with Crippen LogP contribution in [-0.2, 0) is 14.8 Å². The molecule has 0 spiro atoms. The van der Waals surface area contributed by atoms with E-state index in [9.17, 15) is 13.2 Å². The molecule has 0 aliphatic carbocycles. The SMILES string of the molecule is COc1ccc(N(CC(=O)NC(C)c2ccccc2OC)S(C)(=O)=O)cc1OC. The molecule has 2 aromatic rings. The zero-order valence-electron chi connectivity index (χ0n) is 17.1. The van der Waals surface area contributed by atoms with Gasteiger partial charge >= 0.3 is 0 Å². The third-order valence-corrected chi connectivity index (χ3v) is 5.47. The van der Waals surface area contributed by atoms with Crippen LogP contribution >= 0.6 is 0 Å². The van der Waals surface area contributed by atoms with Crippen LogP contribution in [-0.4, -0.2) is 48.5 Å². The number of carbonyl (C=O) groups is 1. The molecule has 2 rings (SSSR count). The molecule has 0 radical (unpaired) electrons. The topological polar surface area (TPSA) is 94.2 Å². The summed E-state index contributed by atoms with van der Waals surface area (Å²) < 4.78 is 41.4. The number of carbonyl (C=O) groups excluding carboxylic acids is 1. The minimum absolute atomic E-state index is 0.297. The van der Waals surface area contributed by atoms with Gasteiger partial charge in [-0.3, -0.25) is 9.10 Å². The molecule has 2 aromatic carbocycles. The second kappa shape index (κ2) is 9.51. The van der Waals surface area contributed by atoms with Gasteiger partial charge in [-0.2, -0.15) is 0 Å². The van der Waals surface area contributed by atoms with E-state index in [1.54, 1.807) is 32.2 Å². The third-order valence-electron chi connectivity index (χ3n) is 4.33. The average molecular weight is 423 g/mol. The molecule has 1 amide bonds. The van der Waals surface area contributed by atoms with Crippen LogP contribution in [0.4, 0.5) is 5.69 Å². The van der Waals surface area contributed by atoms with Crippen molar-refractivity contribution < 1.29 is 27.4 Å². The maximum Gasteiger partial charge on any atom is 0.241 e. The van der Waals surface area contributed by atoms with E-state index in [2.05, 4.69) is 5.32 Å². The standard InChI is InChI=1S/C20H26N2O6S/c1-14(16-8-6-7-9-17(16)26-2)21-20(23)13-22(29(5,24)25)15-10-11-18(27-3)19(12-15)28-4/h6-12,14H,13H2,1-5H3,(H,21,23). The molecule has 1 unspecified atom stereocenters. The van der Waals surface area contributed by atoms with Crippen LogP contribution in [0.5, 0.6) is 17.2 Å². The van der Waals surface area contributed by atoms with Gasteiger partial charge in [0.1, 0.15) is 12.3 Å². The number of ether oxygens (including phenoxy) is 3. The van der Waals surface area contributed by atoms with Crippen molar-refractivity contribution in [3.8, 4) is 17.2 Å². The Morgan fingerprint density at radius 2 is 1.62 bits per heavy atom. The largest absolute Gasteiger partial charge is 0.496 e. The fraction of sp³-hybridized carbons (Fsp3) is 0.350. The molecule has 1 N–H and O–H groups in total. The van der Waals surface area contributed by atoms with Crippen LogP contribution in [0.15, 0.2) is 42.5 Å². The molecule has 0 saturated carbocycles. The molecule has 8 nitrogen and oxygen atoms in total. The Bertz CT molecular complexity index is 961. The Morgan fingerprint density at radius 3 is 2.21 bits per heavy atom. The van der Waals surface area contributed by atoms with E-state index >= 15 is 0 Å². The molecule has 0 aliphatic rings. The number of hydrogen-bond donors (Lipinski definition) is 1. The molecular weight excluding hydrogens is 396 g/mol. The monoisotopic (exact) mass is 422 g/mol. The minimum Gasteiger partial charge on any atom is -0.496 e. The van der Waals surface area contributed by atoms with E-state index in [-0.39, 0.29) is 12.6 Å². The highest BCUT2D eigenvalue weighted by Crippen LogP contribution is 2.32. The Labute approximate surface area is 171 Å². The number of rotatable bonds is 9. The zero-order chi connectivity index (χ0) is 21.6. The fourth-order valence-corrected chi connectivity index (χ4v) is 3.75. The van der Waals surface area contributed by atoms with Crippen molar-refractivity contribution in [2.45, 2.75) is 13.0 Å². The Balaban J connectivity index is 2.24. The van der Waals surface area contributed by atoms with E-state index in [1.165, 1.54) is 20.3 Å². The van der Waals surface area contributed by atoms with Crippen LogP contribution in [0.1, 0.15) is 18.5 Å². The van der Waals surface area contributed by atoms with Crippen molar-refractivity contribution in [1.29, 1.82) is 0 Å². The lowest BCUT2D eigenvalue weighted by molar-refractivity contribution is -0.120. The molecule has 9 heteroatoms. The van der Waals surface area contributed by atoms with Crippen molar-refractivity contribution in [2.24, 2.45) is 0 Å². The van der Waals surface area contributed by atoms with Crippen molar-refractivity contribution in [2.75, 3.05) is 38.4 Å². The normalized spacial score (nSPS) is 12.0. The van der Waals surface area contributed by atoms with Crippen LogP contribution in [0.2, 0.25) is 0 Å². The first-order valence-corrected chi connectivity index (χ1v) is 10.7. The summed E-state index contributed by atoms with van der Waals surface area (Å²) in [5, 5.41) is 2.81. The molecule has 0 aliphatic heterocycles. The molecule has 0 fully saturated rings. The highest BCUT2D eigenvalue weighted by Gasteiger charge is 2.23. The molecule has 1 atom stereocenters.